The predicted molar refractivity (Wildman–Crippen MR) is 192 cm³/mol. The Balaban J connectivity index is 1.37. The molecule has 0 saturated heterocycles. The van der Waals surface area contributed by atoms with Gasteiger partial charge in [0.1, 0.15) is 11.5 Å². The van der Waals surface area contributed by atoms with Crippen molar-refractivity contribution in [2.45, 2.75) is 32.3 Å². The van der Waals surface area contributed by atoms with Crippen molar-refractivity contribution in [1.82, 2.24) is 0 Å². The maximum atomic E-state index is 12.9. The molecule has 2 amide bonds. The van der Waals surface area contributed by atoms with Gasteiger partial charge in [-0.05, 0) is 104 Å². The summed E-state index contributed by atoms with van der Waals surface area (Å²) in [5, 5.41) is 26.0. The molecule has 0 aliphatic carbocycles. The molecule has 0 saturated carbocycles. The van der Waals surface area contributed by atoms with E-state index in [4.69, 9.17) is 25.7 Å². The van der Waals surface area contributed by atoms with Crippen LogP contribution in [0.3, 0.4) is 0 Å². The molecule has 14 nitrogen and oxygen atoms in total. The third-order valence-corrected chi connectivity index (χ3v) is 7.55. The van der Waals surface area contributed by atoms with E-state index < -0.39 is 30.4 Å². The van der Waals surface area contributed by atoms with Crippen LogP contribution in [0.1, 0.15) is 62.3 Å². The van der Waals surface area contributed by atoms with Crippen LogP contribution in [-0.4, -0.2) is 49.1 Å². The van der Waals surface area contributed by atoms with Gasteiger partial charge in [0.15, 0.2) is 0 Å². The van der Waals surface area contributed by atoms with Gasteiger partial charge < -0.3 is 30.8 Å². The van der Waals surface area contributed by atoms with Crippen molar-refractivity contribution in [3.05, 3.63) is 114 Å². The van der Waals surface area contributed by atoms with Gasteiger partial charge in [-0.15, -0.1) is 0 Å². The van der Waals surface area contributed by atoms with E-state index >= 15 is 0 Å². The van der Waals surface area contributed by atoms with E-state index in [0.29, 0.717) is 47.0 Å². The van der Waals surface area contributed by atoms with Crippen LogP contribution in [0.4, 0.5) is 17.1 Å². The second kappa shape index (κ2) is 19.0. The summed E-state index contributed by atoms with van der Waals surface area (Å²) < 4.78 is 16.2. The molecule has 0 bridgehead atoms. The number of hydrogen-bond acceptors (Lipinski definition) is 12. The number of carbonyl (C=O) groups excluding carboxylic acids is 4. The van der Waals surface area contributed by atoms with Crippen LogP contribution in [0.5, 0.6) is 11.5 Å². The van der Waals surface area contributed by atoms with Crippen LogP contribution in [0, 0.1) is 0 Å². The topological polar surface area (TPSA) is 218 Å². The van der Waals surface area contributed by atoms with Gasteiger partial charge in [0.05, 0.1) is 42.4 Å². The van der Waals surface area contributed by atoms with Gasteiger partial charge in [0.2, 0.25) is 11.8 Å². The Morgan fingerprint density at radius 2 is 1.29 bits per heavy atom. The average Bonchev–Trinajstić information content (AvgIpc) is 3.15. The van der Waals surface area contributed by atoms with E-state index in [1.54, 1.807) is 54.6 Å². The minimum absolute atomic E-state index is 0.0825. The van der Waals surface area contributed by atoms with E-state index in [1.807, 2.05) is 0 Å². The van der Waals surface area contributed by atoms with Crippen molar-refractivity contribution in [1.29, 1.82) is 0 Å². The second-order valence-electron chi connectivity index (χ2n) is 11.2. The number of aliphatic hydroxyl groups is 1. The normalized spacial score (nSPS) is 11.0. The van der Waals surface area contributed by atoms with E-state index in [1.165, 1.54) is 31.3 Å². The molecule has 0 radical (unpaired) electrons. The highest BCUT2D eigenvalue weighted by Gasteiger charge is 2.18. The number of hydrogen-bond donors (Lipinski definition) is 3. The molecule has 0 aromatic heterocycles. The third kappa shape index (κ3) is 10.7. The minimum atomic E-state index is -0.760. The van der Waals surface area contributed by atoms with Crippen LogP contribution < -0.4 is 20.9 Å². The number of ether oxygens (including phenoxy) is 3. The van der Waals surface area contributed by atoms with Gasteiger partial charge in [0.25, 0.3) is 0 Å². The highest BCUT2D eigenvalue weighted by Crippen LogP contribution is 2.33. The number of benzene rings is 4. The fraction of sp³-hybridized carbons (Fsp3) is 0.211. The molecule has 4 rings (SSSR count). The maximum absolute atomic E-state index is 12.9. The van der Waals surface area contributed by atoms with Crippen LogP contribution in [0.25, 0.3) is 11.1 Å². The van der Waals surface area contributed by atoms with E-state index in [-0.39, 0.29) is 28.1 Å². The number of rotatable bonds is 18. The Morgan fingerprint density at radius 1 is 0.731 bits per heavy atom. The molecule has 0 aliphatic heterocycles. The van der Waals surface area contributed by atoms with E-state index in [9.17, 15) is 24.3 Å². The van der Waals surface area contributed by atoms with Crippen LogP contribution in [-0.2, 0) is 16.1 Å². The summed E-state index contributed by atoms with van der Waals surface area (Å²) in [6.07, 6.45) is 4.54. The fourth-order valence-electron chi connectivity index (χ4n) is 4.97. The van der Waals surface area contributed by atoms with Crippen molar-refractivity contribution in [2.75, 3.05) is 20.3 Å². The molecule has 0 aliphatic rings. The van der Waals surface area contributed by atoms with Gasteiger partial charge in [-0.3, -0.25) is 9.59 Å². The van der Waals surface area contributed by atoms with Crippen molar-refractivity contribution >= 4 is 40.8 Å². The Labute approximate surface area is 299 Å². The van der Waals surface area contributed by atoms with Gasteiger partial charge in [-0.1, -0.05) is 18.7 Å². The zero-order chi connectivity index (χ0) is 37.5. The summed E-state index contributed by atoms with van der Waals surface area (Å²) in [5.41, 5.74) is 13.9. The van der Waals surface area contributed by atoms with E-state index in [2.05, 4.69) is 27.0 Å². The summed E-state index contributed by atoms with van der Waals surface area (Å²) >= 11 is 0. The SMILES string of the molecule is C=CC(=O)OCCCCCCOc1ccc(C(=O)Oc2ccc(N=Nc3ccc(-c4ccc(N=NC)cc4C(N)=O)c(C(N)=O)c3)cc2CO)cc1. The molecule has 14 heteroatoms. The lowest BCUT2D eigenvalue weighted by Gasteiger charge is -2.12. The van der Waals surface area contributed by atoms with Gasteiger partial charge in [-0.25, -0.2) is 9.59 Å². The first-order valence-corrected chi connectivity index (χ1v) is 16.2. The largest absolute Gasteiger partial charge is 0.494 e. The standard InChI is InChI=1S/C38H38N6O8/c1-3-35(46)51-19-7-5-4-6-18-50-29-13-8-24(9-14-29)38(49)52-34-17-12-26(20-25(34)23-45)43-44-28-11-16-31(33(22-28)37(40)48)30-15-10-27(42-41-2)21-32(30)36(39)47/h3,8-17,20-22,45H,1,4-7,18-19,23H2,2H3,(H2,39,47)(H2,40,48). The molecular weight excluding hydrogens is 668 g/mol. The lowest BCUT2D eigenvalue weighted by atomic mass is 9.94. The van der Waals surface area contributed by atoms with E-state index in [0.717, 1.165) is 31.8 Å². The number of nitrogens with zero attached hydrogens (tertiary/aromatic N) is 4. The summed E-state index contributed by atoms with van der Waals surface area (Å²) in [5.74, 6) is -1.79. The first-order chi connectivity index (χ1) is 25.1. The molecule has 0 heterocycles. The predicted octanol–water partition coefficient (Wildman–Crippen LogP) is 7.06. The maximum Gasteiger partial charge on any atom is 0.343 e. The molecule has 4 aromatic rings. The number of unbranched alkanes of at least 4 members (excludes halogenated alkanes) is 3. The first-order valence-electron chi connectivity index (χ1n) is 16.2. The summed E-state index contributed by atoms with van der Waals surface area (Å²) in [6, 6.07) is 20.3. The zero-order valence-electron chi connectivity index (χ0n) is 28.5. The molecule has 5 N–H and O–H groups in total. The Kier molecular flexibility index (Phi) is 14.0. The molecule has 52 heavy (non-hydrogen) atoms. The first kappa shape index (κ1) is 38.3. The van der Waals surface area contributed by atoms with Crippen molar-refractivity contribution in [3.63, 3.8) is 0 Å². The lowest BCUT2D eigenvalue weighted by molar-refractivity contribution is -0.137. The van der Waals surface area contributed by atoms with Crippen molar-refractivity contribution in [2.24, 2.45) is 31.9 Å². The van der Waals surface area contributed by atoms with Gasteiger partial charge >= 0.3 is 11.9 Å². The smallest absolute Gasteiger partial charge is 0.343 e. The lowest BCUT2D eigenvalue weighted by Crippen LogP contribution is -2.15. The third-order valence-electron chi connectivity index (χ3n) is 7.55. The summed E-state index contributed by atoms with van der Waals surface area (Å²) in [6.45, 7) is 3.77. The second-order valence-corrected chi connectivity index (χ2v) is 11.2. The molecular formula is C38H38N6O8. The summed E-state index contributed by atoms with van der Waals surface area (Å²) in [4.78, 5) is 48.5. The number of esters is 2. The van der Waals surface area contributed by atoms with Gasteiger partial charge in [0, 0.05) is 29.8 Å². The molecule has 4 aromatic carbocycles. The molecule has 0 fully saturated rings. The number of primary amides is 2. The van der Waals surface area contributed by atoms with Crippen molar-refractivity contribution in [3.8, 4) is 22.6 Å². The average molecular weight is 707 g/mol. The monoisotopic (exact) mass is 706 g/mol. The Morgan fingerprint density at radius 3 is 1.85 bits per heavy atom. The Hall–Kier alpha value is -6.54. The van der Waals surface area contributed by atoms with Crippen LogP contribution >= 0.6 is 0 Å². The molecule has 0 atom stereocenters. The number of amides is 2. The molecule has 268 valence electrons. The highest BCUT2D eigenvalue weighted by molar-refractivity contribution is 6.06. The van der Waals surface area contributed by atoms with Crippen LogP contribution in [0.15, 0.2) is 112 Å². The van der Waals surface area contributed by atoms with Gasteiger partial charge in [-0.2, -0.15) is 20.5 Å². The summed E-state index contributed by atoms with van der Waals surface area (Å²) in [7, 11) is 1.49. The van der Waals surface area contributed by atoms with Crippen LogP contribution in [0.2, 0.25) is 0 Å². The fourth-order valence-corrected chi connectivity index (χ4v) is 4.97. The Bertz CT molecular complexity index is 1990. The zero-order valence-corrected chi connectivity index (χ0v) is 28.5. The number of azo groups is 2. The highest BCUT2D eigenvalue weighted by atomic mass is 16.5. The number of aliphatic hydroxyl groups excluding tert-OH is 1. The minimum Gasteiger partial charge on any atom is -0.494 e. The van der Waals surface area contributed by atoms with Crippen molar-refractivity contribution < 1.29 is 38.5 Å². The molecule has 0 spiro atoms. The number of nitrogens with two attached hydrogens (primary N) is 2. The molecule has 0 unspecified atom stereocenters. The number of carbonyl (C=O) groups is 4. The quantitative estimate of drug-likeness (QED) is 0.0319.